The van der Waals surface area contributed by atoms with Gasteiger partial charge in [0.05, 0.1) is 12.8 Å². The van der Waals surface area contributed by atoms with E-state index in [9.17, 15) is 23.1 Å². The fourth-order valence-electron chi connectivity index (χ4n) is 3.87. The molecule has 2 aromatic rings. The van der Waals surface area contributed by atoms with Crippen LogP contribution >= 0.6 is 0 Å². The van der Waals surface area contributed by atoms with E-state index in [4.69, 9.17) is 18.9 Å². The van der Waals surface area contributed by atoms with Gasteiger partial charge < -0.3 is 24.1 Å². The van der Waals surface area contributed by atoms with Crippen molar-refractivity contribution in [3.63, 3.8) is 0 Å². The van der Waals surface area contributed by atoms with Crippen molar-refractivity contribution >= 4 is 5.97 Å². The number of aliphatic carboxylic acids is 1. The van der Waals surface area contributed by atoms with Crippen LogP contribution in [0.25, 0.3) is 11.3 Å². The molecule has 0 radical (unpaired) electrons. The van der Waals surface area contributed by atoms with Crippen molar-refractivity contribution in [2.75, 3.05) is 13.7 Å². The first kappa shape index (κ1) is 21.7. The summed E-state index contributed by atoms with van der Waals surface area (Å²) in [4.78, 5) is 11.8. The third-order valence-corrected chi connectivity index (χ3v) is 5.29. The molecule has 3 heterocycles. The molecule has 2 aliphatic heterocycles. The molecular weight excluding hydrogens is 423 g/mol. The van der Waals surface area contributed by atoms with Gasteiger partial charge in [-0.3, -0.25) is 0 Å². The molecule has 4 rings (SSSR count). The van der Waals surface area contributed by atoms with Gasteiger partial charge >= 0.3 is 5.97 Å². The van der Waals surface area contributed by atoms with Gasteiger partial charge in [0.25, 0.3) is 0 Å². The number of hydrogen-bond acceptors (Lipinski definition) is 7. The number of carboxylic acids is 1. The minimum absolute atomic E-state index is 0.0387. The minimum Gasteiger partial charge on any atom is -0.479 e. The zero-order valence-electron chi connectivity index (χ0n) is 16.8. The Balaban J connectivity index is 1.75. The Kier molecular flexibility index (Phi) is 5.50. The number of hydrogen-bond donors (Lipinski definition) is 1. The molecule has 2 saturated heterocycles. The monoisotopic (exact) mass is 443 g/mol. The molecule has 5 atom stereocenters. The summed E-state index contributed by atoms with van der Waals surface area (Å²) in [6.07, 6.45) is -2.48. The Morgan fingerprint density at radius 3 is 2.58 bits per heavy atom. The fraction of sp³-hybridized carbons (Fsp3) is 0.526. The smallest absolute Gasteiger partial charge is 0.335 e. The summed E-state index contributed by atoms with van der Waals surface area (Å²) in [5.74, 6) is -6.56. The largest absolute Gasteiger partial charge is 0.479 e. The van der Waals surface area contributed by atoms with Gasteiger partial charge in [-0.05, 0) is 26.0 Å². The first-order chi connectivity index (χ1) is 14.6. The zero-order valence-corrected chi connectivity index (χ0v) is 16.8. The predicted octanol–water partition coefficient (Wildman–Crippen LogP) is 1.92. The van der Waals surface area contributed by atoms with Crippen LogP contribution in [0, 0.1) is 17.5 Å². The van der Waals surface area contributed by atoms with Gasteiger partial charge in [-0.2, -0.15) is 0 Å². The number of methoxy groups -OCH3 is 1. The quantitative estimate of drug-likeness (QED) is 0.715. The second kappa shape index (κ2) is 7.86. The average molecular weight is 443 g/mol. The van der Waals surface area contributed by atoms with Gasteiger partial charge in [-0.15, -0.1) is 5.10 Å². The van der Waals surface area contributed by atoms with Crippen LogP contribution < -0.4 is 0 Å². The van der Waals surface area contributed by atoms with Gasteiger partial charge in [0, 0.05) is 12.7 Å². The van der Waals surface area contributed by atoms with Crippen molar-refractivity contribution in [3.05, 3.63) is 35.8 Å². The van der Waals surface area contributed by atoms with E-state index >= 15 is 0 Å². The van der Waals surface area contributed by atoms with Gasteiger partial charge in [-0.25, -0.2) is 22.6 Å². The number of ether oxygens (including phenoxy) is 4. The highest BCUT2D eigenvalue weighted by Gasteiger charge is 2.54. The summed E-state index contributed by atoms with van der Waals surface area (Å²) in [6.45, 7) is 3.47. The summed E-state index contributed by atoms with van der Waals surface area (Å²) in [6, 6.07) is 0.771. The molecular formula is C19H20F3N3O6. The van der Waals surface area contributed by atoms with E-state index in [1.54, 1.807) is 13.8 Å². The molecule has 1 aromatic carbocycles. The van der Waals surface area contributed by atoms with Crippen LogP contribution in [0.1, 0.15) is 19.9 Å². The van der Waals surface area contributed by atoms with E-state index in [-0.39, 0.29) is 17.9 Å². The van der Waals surface area contributed by atoms with Gasteiger partial charge in [-0.1, -0.05) is 5.21 Å². The molecule has 0 amide bonds. The van der Waals surface area contributed by atoms with Gasteiger partial charge in [0.15, 0.2) is 29.3 Å². The van der Waals surface area contributed by atoms with Crippen LogP contribution in [-0.2, 0) is 23.7 Å². The molecule has 0 spiro atoms. The van der Waals surface area contributed by atoms with Crippen LogP contribution in [0.15, 0.2) is 18.3 Å². The average Bonchev–Trinajstić information content (AvgIpc) is 3.19. The summed E-state index contributed by atoms with van der Waals surface area (Å²) in [5.41, 5.74) is 0.0112. The van der Waals surface area contributed by atoms with E-state index in [1.807, 2.05) is 0 Å². The molecule has 1 aromatic heterocycles. The number of rotatable bonds is 4. The van der Waals surface area contributed by atoms with Gasteiger partial charge in [0.1, 0.15) is 30.0 Å². The predicted molar refractivity (Wildman–Crippen MR) is 96.4 cm³/mol. The summed E-state index contributed by atoms with van der Waals surface area (Å²) in [7, 11) is 1.32. The second-order valence-corrected chi connectivity index (χ2v) is 7.76. The molecule has 1 N–H and O–H groups in total. The molecule has 2 aliphatic rings. The lowest BCUT2D eigenvalue weighted by atomic mass is 9.91. The number of carboxylic acid groups (broad SMARTS) is 1. The van der Waals surface area contributed by atoms with E-state index in [0.717, 1.165) is 12.1 Å². The second-order valence-electron chi connectivity index (χ2n) is 7.76. The van der Waals surface area contributed by atoms with Crippen molar-refractivity contribution in [2.45, 2.75) is 50.1 Å². The summed E-state index contributed by atoms with van der Waals surface area (Å²) >= 11 is 0. The Hall–Kier alpha value is -2.54. The maximum atomic E-state index is 13.6. The topological polar surface area (TPSA) is 105 Å². The van der Waals surface area contributed by atoms with Crippen molar-refractivity contribution in [3.8, 4) is 11.3 Å². The third-order valence-electron chi connectivity index (χ3n) is 5.29. The zero-order chi connectivity index (χ0) is 22.5. The highest BCUT2D eigenvalue weighted by atomic mass is 19.2. The highest BCUT2D eigenvalue weighted by Crippen LogP contribution is 2.39. The van der Waals surface area contributed by atoms with E-state index in [0.29, 0.717) is 0 Å². The number of nitrogens with zero attached hydrogens (tertiary/aromatic N) is 3. The normalized spacial score (nSPS) is 30.1. The number of carbonyl (C=O) groups is 1. The number of benzene rings is 1. The van der Waals surface area contributed by atoms with Crippen LogP contribution in [-0.4, -0.2) is 70.0 Å². The van der Waals surface area contributed by atoms with E-state index in [1.165, 1.54) is 18.0 Å². The standard InChI is InChI=1S/C19H20F3N3O6/c1-19(2)29-7-12-15(31-19)14(16(28-3)17(30-12)18(26)27)25-6-11(23-24-25)8-4-9(20)13(22)10(21)5-8/h4-6,12,14-17H,7H2,1-3H3,(H,26,27)/t12-,14+,15+,16-,17-/m1/s1. The Labute approximate surface area is 174 Å². The van der Waals surface area contributed by atoms with Crippen LogP contribution in [0.4, 0.5) is 13.2 Å². The lowest BCUT2D eigenvalue weighted by Gasteiger charge is -2.50. The SMILES string of the molecule is CO[C@@H]1[C@@H](n2cc(-c3cc(F)c(F)c(F)c3)nn2)[C@H]2OC(C)(C)OC[C@H]2O[C@H]1C(=O)O. The minimum atomic E-state index is -1.59. The molecule has 12 heteroatoms. The van der Waals surface area contributed by atoms with Crippen LogP contribution in [0.2, 0.25) is 0 Å². The maximum Gasteiger partial charge on any atom is 0.335 e. The third kappa shape index (κ3) is 3.91. The lowest BCUT2D eigenvalue weighted by molar-refractivity contribution is -0.347. The lowest BCUT2D eigenvalue weighted by Crippen LogP contribution is -2.64. The molecule has 2 fully saturated rings. The van der Waals surface area contributed by atoms with Crippen LogP contribution in [0.5, 0.6) is 0 Å². The summed E-state index contributed by atoms with van der Waals surface area (Å²) < 4.78 is 64.6. The van der Waals surface area contributed by atoms with Crippen molar-refractivity contribution in [1.82, 2.24) is 15.0 Å². The van der Waals surface area contributed by atoms with Crippen molar-refractivity contribution in [2.24, 2.45) is 0 Å². The number of halogens is 3. The molecule has 9 nitrogen and oxygen atoms in total. The molecule has 0 saturated carbocycles. The molecule has 31 heavy (non-hydrogen) atoms. The first-order valence-corrected chi connectivity index (χ1v) is 9.41. The van der Waals surface area contributed by atoms with E-state index < -0.39 is 59.7 Å². The van der Waals surface area contributed by atoms with Crippen LogP contribution in [0.3, 0.4) is 0 Å². The Morgan fingerprint density at radius 2 is 1.97 bits per heavy atom. The summed E-state index contributed by atoms with van der Waals surface area (Å²) in [5, 5.41) is 17.5. The Morgan fingerprint density at radius 1 is 1.29 bits per heavy atom. The van der Waals surface area contributed by atoms with Crippen molar-refractivity contribution < 1.29 is 42.0 Å². The van der Waals surface area contributed by atoms with Crippen molar-refractivity contribution in [1.29, 1.82) is 0 Å². The highest BCUT2D eigenvalue weighted by molar-refractivity contribution is 5.73. The molecule has 0 aliphatic carbocycles. The van der Waals surface area contributed by atoms with E-state index in [2.05, 4.69) is 10.3 Å². The molecule has 168 valence electrons. The number of fused-ring (bicyclic) bond motifs is 1. The first-order valence-electron chi connectivity index (χ1n) is 9.41. The Bertz CT molecular complexity index is 977. The fourth-order valence-corrected chi connectivity index (χ4v) is 3.87. The molecule has 0 bridgehead atoms. The van der Waals surface area contributed by atoms with Gasteiger partial charge in [0.2, 0.25) is 0 Å². The molecule has 0 unspecified atom stereocenters. The maximum absolute atomic E-state index is 13.6. The number of aromatic nitrogens is 3.